The molecular weight excluding hydrogens is 295 g/mol. The van der Waals surface area contributed by atoms with Gasteiger partial charge in [-0.2, -0.15) is 0 Å². The summed E-state index contributed by atoms with van der Waals surface area (Å²) in [5.41, 5.74) is -0.316. The Balaban J connectivity index is 4.12. The summed E-state index contributed by atoms with van der Waals surface area (Å²) in [6.07, 6.45) is 13.9. The van der Waals surface area contributed by atoms with Gasteiger partial charge in [0.05, 0.1) is 0 Å². The van der Waals surface area contributed by atoms with Crippen LogP contribution >= 0.6 is 7.28 Å². The van der Waals surface area contributed by atoms with Crippen molar-refractivity contribution < 1.29 is 14.7 Å². The molecule has 3 nitrogen and oxygen atoms in total. The van der Waals surface area contributed by atoms with Gasteiger partial charge in [-0.15, -0.1) is 0 Å². The van der Waals surface area contributed by atoms with Crippen molar-refractivity contribution in [2.24, 2.45) is 0 Å². The molecule has 0 heterocycles. The van der Waals surface area contributed by atoms with E-state index in [9.17, 15) is 14.7 Å². The predicted octanol–water partition coefficient (Wildman–Crippen LogP) is 5.76. The molecular formula is C18H41O3P. The van der Waals surface area contributed by atoms with Crippen molar-refractivity contribution in [1.29, 1.82) is 0 Å². The van der Waals surface area contributed by atoms with Crippen LogP contribution in [0.1, 0.15) is 104 Å². The van der Waals surface area contributed by atoms with Crippen molar-refractivity contribution in [3.63, 3.8) is 0 Å². The molecule has 0 saturated carbocycles. The minimum atomic E-state index is -4.45. The summed E-state index contributed by atoms with van der Waals surface area (Å²) < 4.78 is 0. The molecule has 0 rings (SSSR count). The van der Waals surface area contributed by atoms with Crippen LogP contribution in [0.15, 0.2) is 0 Å². The second-order valence-corrected chi connectivity index (χ2v) is 10.6. The third-order valence-electron chi connectivity index (χ3n) is 4.80. The molecule has 0 spiro atoms. The van der Waals surface area contributed by atoms with Gasteiger partial charge in [-0.3, -0.25) is 0 Å². The molecule has 1 unspecified atom stereocenters. The maximum atomic E-state index is 10.5. The average molecular weight is 336 g/mol. The molecule has 0 aromatic rings. The fourth-order valence-electron chi connectivity index (χ4n) is 3.20. The van der Waals surface area contributed by atoms with Gasteiger partial charge in [-0.05, 0) is 0 Å². The van der Waals surface area contributed by atoms with E-state index in [4.69, 9.17) is 0 Å². The first-order valence-corrected chi connectivity index (χ1v) is 12.0. The van der Waals surface area contributed by atoms with Crippen molar-refractivity contribution in [3.05, 3.63) is 0 Å². The molecule has 3 N–H and O–H groups in total. The zero-order chi connectivity index (χ0) is 16.9. The van der Waals surface area contributed by atoms with Gasteiger partial charge in [0.15, 0.2) is 0 Å². The first-order chi connectivity index (χ1) is 10.4. The molecule has 0 radical (unpaired) electrons. The number of unbranched alkanes of at least 4 members (excludes halogenated alkanes) is 9. The van der Waals surface area contributed by atoms with Crippen LogP contribution in [0.3, 0.4) is 0 Å². The molecule has 0 bridgehead atoms. The molecule has 136 valence electrons. The minimum absolute atomic E-state index is 0.200. The summed E-state index contributed by atoms with van der Waals surface area (Å²) in [5, 5.41) is 0. The Morgan fingerprint density at radius 3 is 1.59 bits per heavy atom. The summed E-state index contributed by atoms with van der Waals surface area (Å²) in [6.45, 7) is 6.34. The third-order valence-corrected chi connectivity index (χ3v) is 8.09. The van der Waals surface area contributed by atoms with E-state index < -0.39 is 7.28 Å². The SMILES string of the molecule is CCCCCCCCP(O)(O)(O)C(CC)CCCCCCC. The molecule has 4 heteroatoms. The molecule has 0 aliphatic rings. The van der Waals surface area contributed by atoms with Crippen molar-refractivity contribution >= 4 is 7.28 Å². The van der Waals surface area contributed by atoms with Crippen LogP contribution in [-0.2, 0) is 0 Å². The molecule has 0 fully saturated rings. The number of rotatable bonds is 15. The Kier molecular flexibility index (Phi) is 12.0. The van der Waals surface area contributed by atoms with E-state index in [1.807, 2.05) is 6.92 Å². The molecule has 0 aliphatic carbocycles. The van der Waals surface area contributed by atoms with E-state index in [0.717, 1.165) is 38.5 Å². The predicted molar refractivity (Wildman–Crippen MR) is 99.3 cm³/mol. The van der Waals surface area contributed by atoms with Crippen LogP contribution in [0.2, 0.25) is 0 Å². The van der Waals surface area contributed by atoms with Gasteiger partial charge in [0.2, 0.25) is 0 Å². The number of hydrogen-bond donors (Lipinski definition) is 3. The Morgan fingerprint density at radius 1 is 0.636 bits per heavy atom. The topological polar surface area (TPSA) is 60.7 Å². The van der Waals surface area contributed by atoms with E-state index in [1.165, 1.54) is 38.5 Å². The van der Waals surface area contributed by atoms with Gasteiger partial charge in [0.25, 0.3) is 0 Å². The zero-order valence-electron chi connectivity index (χ0n) is 15.3. The maximum absolute atomic E-state index is 10.5. The van der Waals surface area contributed by atoms with Crippen LogP contribution in [0.5, 0.6) is 0 Å². The molecule has 0 aromatic carbocycles. The fourth-order valence-corrected chi connectivity index (χ4v) is 5.86. The summed E-state index contributed by atoms with van der Waals surface area (Å²) in [5.74, 6) is 0. The molecule has 1 atom stereocenters. The molecule has 0 amide bonds. The van der Waals surface area contributed by atoms with Crippen LogP contribution in [0, 0.1) is 0 Å². The van der Waals surface area contributed by atoms with E-state index in [0.29, 0.717) is 6.42 Å². The summed E-state index contributed by atoms with van der Waals surface area (Å²) in [4.78, 5) is 31.5. The van der Waals surface area contributed by atoms with Gasteiger partial charge in [-0.1, -0.05) is 0 Å². The second-order valence-electron chi connectivity index (χ2n) is 6.98. The molecule has 0 saturated heterocycles. The van der Waals surface area contributed by atoms with Crippen molar-refractivity contribution in [1.82, 2.24) is 0 Å². The van der Waals surface area contributed by atoms with Gasteiger partial charge in [0.1, 0.15) is 0 Å². The van der Waals surface area contributed by atoms with Crippen LogP contribution in [-0.4, -0.2) is 26.5 Å². The van der Waals surface area contributed by atoms with E-state index in [1.54, 1.807) is 0 Å². The standard InChI is InChI=1S/C18H41O3P/c1-4-7-9-11-13-15-17-22(19,20,21)18(6-3)16-14-12-10-8-5-2/h18-21H,4-17H2,1-3H3. The fraction of sp³-hybridized carbons (Fsp3) is 1.00. The summed E-state index contributed by atoms with van der Waals surface area (Å²) >= 11 is 0. The van der Waals surface area contributed by atoms with E-state index in [-0.39, 0.29) is 11.8 Å². The summed E-state index contributed by atoms with van der Waals surface area (Å²) in [7, 11) is -4.45. The van der Waals surface area contributed by atoms with Crippen molar-refractivity contribution in [2.45, 2.75) is 110 Å². The van der Waals surface area contributed by atoms with Crippen LogP contribution in [0.4, 0.5) is 0 Å². The van der Waals surface area contributed by atoms with Crippen molar-refractivity contribution in [3.8, 4) is 0 Å². The molecule has 0 aliphatic heterocycles. The quantitative estimate of drug-likeness (QED) is 0.263. The monoisotopic (exact) mass is 336 g/mol. The Bertz CT molecular complexity index is 261. The van der Waals surface area contributed by atoms with Crippen molar-refractivity contribution in [2.75, 3.05) is 6.16 Å². The Hall–Kier alpha value is 0.310. The van der Waals surface area contributed by atoms with Gasteiger partial charge < -0.3 is 0 Å². The molecule has 0 aromatic heterocycles. The van der Waals surface area contributed by atoms with Gasteiger partial charge in [0, 0.05) is 0 Å². The van der Waals surface area contributed by atoms with Gasteiger partial charge >= 0.3 is 138 Å². The van der Waals surface area contributed by atoms with Crippen LogP contribution in [0.25, 0.3) is 0 Å². The normalized spacial score (nSPS) is 15.5. The zero-order valence-corrected chi connectivity index (χ0v) is 16.2. The first kappa shape index (κ1) is 22.3. The van der Waals surface area contributed by atoms with E-state index >= 15 is 0 Å². The molecule has 22 heavy (non-hydrogen) atoms. The average Bonchev–Trinajstić information content (AvgIpc) is 2.45. The Labute approximate surface area is 138 Å². The first-order valence-electron chi connectivity index (χ1n) is 9.61. The second kappa shape index (κ2) is 11.8. The number of hydrogen-bond acceptors (Lipinski definition) is 3. The summed E-state index contributed by atoms with van der Waals surface area (Å²) in [6, 6.07) is 0. The third kappa shape index (κ3) is 10.2. The Morgan fingerprint density at radius 2 is 1.09 bits per heavy atom. The van der Waals surface area contributed by atoms with E-state index in [2.05, 4.69) is 13.8 Å². The van der Waals surface area contributed by atoms with Crippen LogP contribution < -0.4 is 0 Å². The van der Waals surface area contributed by atoms with Gasteiger partial charge in [-0.25, -0.2) is 0 Å².